The number of nitrogens with zero attached hydrogens (tertiary/aromatic N) is 3. The van der Waals surface area contributed by atoms with Crippen LogP contribution in [0.2, 0.25) is 0 Å². The van der Waals surface area contributed by atoms with Gasteiger partial charge in [0.15, 0.2) is 5.78 Å². The standard InChI is InChI=1S/C30H34N4O3/c1-6-34(18-19-10-8-7-9-11-19)21-14-12-20(13-15-21)24-25-22(16-30(2,3)17-23(25)35)31-27-26(24)28(36)33(5)29(37)32(27)4/h7-15,24,31H,6,16-18H2,1-5H3. The van der Waals surface area contributed by atoms with Crippen LogP contribution in [0.15, 0.2) is 75.5 Å². The lowest BCUT2D eigenvalue weighted by Crippen LogP contribution is -2.45. The summed E-state index contributed by atoms with van der Waals surface area (Å²) in [6, 6.07) is 18.5. The average molecular weight is 499 g/mol. The summed E-state index contributed by atoms with van der Waals surface area (Å²) in [7, 11) is 3.15. The molecule has 1 aliphatic carbocycles. The minimum Gasteiger partial charge on any atom is -0.367 e. The monoisotopic (exact) mass is 498 g/mol. The van der Waals surface area contributed by atoms with Gasteiger partial charge in [0, 0.05) is 56.5 Å². The van der Waals surface area contributed by atoms with E-state index in [9.17, 15) is 14.4 Å². The Bertz CT molecular complexity index is 1510. The molecule has 0 saturated heterocycles. The topological polar surface area (TPSA) is 76.3 Å². The Morgan fingerprint density at radius 1 is 0.946 bits per heavy atom. The molecule has 192 valence electrons. The normalized spacial score (nSPS) is 18.2. The van der Waals surface area contributed by atoms with Crippen LogP contribution in [0.5, 0.6) is 0 Å². The summed E-state index contributed by atoms with van der Waals surface area (Å²) in [5.74, 6) is -0.00191. The fourth-order valence-corrected chi connectivity index (χ4v) is 5.75. The van der Waals surface area contributed by atoms with Crippen LogP contribution in [0.25, 0.3) is 0 Å². The van der Waals surface area contributed by atoms with E-state index in [1.165, 1.54) is 17.2 Å². The van der Waals surface area contributed by atoms with Gasteiger partial charge in [-0.1, -0.05) is 56.3 Å². The molecule has 3 aromatic rings. The predicted molar refractivity (Wildman–Crippen MR) is 147 cm³/mol. The number of fused-ring (bicyclic) bond motifs is 1. The molecular weight excluding hydrogens is 464 g/mol. The van der Waals surface area contributed by atoms with Crippen molar-refractivity contribution in [3.8, 4) is 0 Å². The first-order valence-corrected chi connectivity index (χ1v) is 12.8. The number of hydrogen-bond donors (Lipinski definition) is 1. The van der Waals surface area contributed by atoms with Gasteiger partial charge in [-0.25, -0.2) is 4.79 Å². The van der Waals surface area contributed by atoms with Gasteiger partial charge in [-0.3, -0.25) is 18.7 Å². The first kappa shape index (κ1) is 24.8. The quantitative estimate of drug-likeness (QED) is 0.567. The molecule has 1 unspecified atom stereocenters. The number of hydrogen-bond acceptors (Lipinski definition) is 5. The van der Waals surface area contributed by atoms with Gasteiger partial charge in [0.05, 0.1) is 5.56 Å². The third-order valence-electron chi connectivity index (χ3n) is 7.66. The molecule has 37 heavy (non-hydrogen) atoms. The van der Waals surface area contributed by atoms with Crippen molar-refractivity contribution in [1.29, 1.82) is 0 Å². The first-order valence-electron chi connectivity index (χ1n) is 12.8. The molecule has 2 aliphatic rings. The lowest BCUT2D eigenvalue weighted by molar-refractivity contribution is -0.118. The minimum atomic E-state index is -0.529. The Kier molecular flexibility index (Phi) is 6.18. The van der Waals surface area contributed by atoms with Crippen LogP contribution in [-0.2, 0) is 25.4 Å². The number of aromatic nitrogens is 2. The zero-order chi connectivity index (χ0) is 26.5. The Hall–Kier alpha value is -3.87. The highest BCUT2D eigenvalue weighted by molar-refractivity contribution is 6.01. The maximum Gasteiger partial charge on any atom is 0.332 e. The zero-order valence-electron chi connectivity index (χ0n) is 22.2. The van der Waals surface area contributed by atoms with Crippen molar-refractivity contribution >= 4 is 17.3 Å². The maximum absolute atomic E-state index is 13.5. The molecule has 7 heteroatoms. The van der Waals surface area contributed by atoms with Gasteiger partial charge in [-0.05, 0) is 42.0 Å². The summed E-state index contributed by atoms with van der Waals surface area (Å²) in [6.45, 7) is 7.91. The second-order valence-electron chi connectivity index (χ2n) is 11.0. The van der Waals surface area contributed by atoms with Gasteiger partial charge in [0.2, 0.25) is 0 Å². The number of anilines is 2. The van der Waals surface area contributed by atoms with Crippen LogP contribution in [0.1, 0.15) is 56.2 Å². The maximum atomic E-state index is 13.5. The Morgan fingerprint density at radius 3 is 2.27 bits per heavy atom. The van der Waals surface area contributed by atoms with E-state index < -0.39 is 11.6 Å². The summed E-state index contributed by atoms with van der Waals surface area (Å²) in [4.78, 5) is 42.0. The van der Waals surface area contributed by atoms with E-state index in [4.69, 9.17) is 0 Å². The molecule has 1 aromatic heterocycles. The van der Waals surface area contributed by atoms with Gasteiger partial charge in [0.1, 0.15) is 5.82 Å². The second kappa shape index (κ2) is 9.21. The van der Waals surface area contributed by atoms with Gasteiger partial charge in [-0.15, -0.1) is 0 Å². The molecule has 2 heterocycles. The zero-order valence-corrected chi connectivity index (χ0v) is 22.2. The first-order chi connectivity index (χ1) is 17.6. The van der Waals surface area contributed by atoms with E-state index in [0.717, 1.165) is 34.6 Å². The summed E-state index contributed by atoms with van der Waals surface area (Å²) >= 11 is 0. The number of benzene rings is 2. The Labute approximate surface area is 217 Å². The van der Waals surface area contributed by atoms with Crippen molar-refractivity contribution in [2.75, 3.05) is 16.8 Å². The van der Waals surface area contributed by atoms with Crippen molar-refractivity contribution in [1.82, 2.24) is 9.13 Å². The third-order valence-corrected chi connectivity index (χ3v) is 7.66. The lowest BCUT2D eigenvalue weighted by Gasteiger charge is -2.39. The van der Waals surface area contributed by atoms with Gasteiger partial charge in [0.25, 0.3) is 5.56 Å². The van der Waals surface area contributed by atoms with Gasteiger partial charge >= 0.3 is 5.69 Å². The molecule has 0 saturated carbocycles. The highest BCUT2D eigenvalue weighted by atomic mass is 16.2. The summed E-state index contributed by atoms with van der Waals surface area (Å²) < 4.78 is 2.61. The smallest absolute Gasteiger partial charge is 0.332 e. The summed E-state index contributed by atoms with van der Waals surface area (Å²) in [5, 5.41) is 3.33. The van der Waals surface area contributed by atoms with E-state index in [2.05, 4.69) is 55.3 Å². The third kappa shape index (κ3) is 4.32. The summed E-state index contributed by atoms with van der Waals surface area (Å²) in [5.41, 5.74) is 4.11. The van der Waals surface area contributed by atoms with Crippen LogP contribution in [-0.4, -0.2) is 21.5 Å². The lowest BCUT2D eigenvalue weighted by atomic mass is 9.69. The van der Waals surface area contributed by atoms with Crippen LogP contribution in [0, 0.1) is 5.41 Å². The van der Waals surface area contributed by atoms with Crippen LogP contribution >= 0.6 is 0 Å². The number of allylic oxidation sites excluding steroid dienone is 2. The molecule has 2 aromatic carbocycles. The molecule has 0 spiro atoms. The summed E-state index contributed by atoms with van der Waals surface area (Å²) in [6.07, 6.45) is 1.09. The van der Waals surface area contributed by atoms with Gasteiger partial charge < -0.3 is 10.2 Å². The van der Waals surface area contributed by atoms with Crippen molar-refractivity contribution in [2.45, 2.75) is 46.1 Å². The number of carbonyl (C=O) groups excluding carboxylic acids is 1. The fraction of sp³-hybridized carbons (Fsp3) is 0.367. The largest absolute Gasteiger partial charge is 0.367 e. The number of nitrogens with one attached hydrogen (secondary N) is 1. The van der Waals surface area contributed by atoms with E-state index in [1.54, 1.807) is 7.05 Å². The van der Waals surface area contributed by atoms with Crippen molar-refractivity contribution in [3.05, 3.63) is 103 Å². The van der Waals surface area contributed by atoms with Crippen molar-refractivity contribution in [2.24, 2.45) is 19.5 Å². The predicted octanol–water partition coefficient (Wildman–Crippen LogP) is 4.31. The second-order valence-corrected chi connectivity index (χ2v) is 11.0. The molecule has 0 radical (unpaired) electrons. The Balaban J connectivity index is 1.62. The molecule has 1 aliphatic heterocycles. The fourth-order valence-electron chi connectivity index (χ4n) is 5.75. The van der Waals surface area contributed by atoms with E-state index >= 15 is 0 Å². The van der Waals surface area contributed by atoms with Gasteiger partial charge in [-0.2, -0.15) is 0 Å². The number of rotatable bonds is 5. The number of Topliss-reactive ketones (excluding diaryl/α,β-unsaturated/α-hetero) is 1. The molecule has 0 bridgehead atoms. The van der Waals surface area contributed by atoms with E-state index in [1.807, 2.05) is 30.3 Å². The molecule has 0 fully saturated rings. The molecule has 1 atom stereocenters. The molecule has 1 N–H and O–H groups in total. The van der Waals surface area contributed by atoms with Crippen LogP contribution in [0.4, 0.5) is 11.5 Å². The molecule has 5 rings (SSSR count). The number of carbonyl (C=O) groups is 1. The molecule has 0 amide bonds. The van der Waals surface area contributed by atoms with Crippen molar-refractivity contribution < 1.29 is 4.79 Å². The van der Waals surface area contributed by atoms with Crippen LogP contribution < -0.4 is 21.5 Å². The van der Waals surface area contributed by atoms with E-state index in [0.29, 0.717) is 29.8 Å². The Morgan fingerprint density at radius 2 is 1.62 bits per heavy atom. The van der Waals surface area contributed by atoms with E-state index in [-0.39, 0.29) is 16.8 Å². The highest BCUT2D eigenvalue weighted by Gasteiger charge is 2.42. The van der Waals surface area contributed by atoms with Crippen molar-refractivity contribution in [3.63, 3.8) is 0 Å². The molecular formula is C30H34N4O3. The average Bonchev–Trinajstić information content (AvgIpc) is 2.88. The van der Waals surface area contributed by atoms with Crippen LogP contribution in [0.3, 0.4) is 0 Å². The SMILES string of the molecule is CCN(Cc1ccccc1)c1ccc(C2C3=C(CC(C)(C)CC3=O)Nc3c2c(=O)n(C)c(=O)n3C)cc1. The number of ketones is 1. The molecule has 7 nitrogen and oxygen atoms in total. The minimum absolute atomic E-state index is 0.0497. The highest BCUT2D eigenvalue weighted by Crippen LogP contribution is 2.47.